The van der Waals surface area contributed by atoms with Crippen molar-refractivity contribution in [1.29, 1.82) is 0 Å². The highest BCUT2D eigenvalue weighted by molar-refractivity contribution is 7.00. The van der Waals surface area contributed by atoms with Crippen molar-refractivity contribution < 1.29 is 0 Å². The third-order valence-corrected chi connectivity index (χ3v) is 24.2. The summed E-state index contributed by atoms with van der Waals surface area (Å²) in [7, 11) is 0. The van der Waals surface area contributed by atoms with E-state index in [1.165, 1.54) is 203 Å². The van der Waals surface area contributed by atoms with Gasteiger partial charge in [-0.25, -0.2) is 0 Å². The number of aryl methyl sites for hydroxylation is 1. The molecule has 548 valence electrons. The Kier molecular flexibility index (Phi) is 18.7. The second-order valence-corrected chi connectivity index (χ2v) is 35.8. The fourth-order valence-electron chi connectivity index (χ4n) is 18.1. The van der Waals surface area contributed by atoms with Gasteiger partial charge in [-0.2, -0.15) is 0 Å². The van der Waals surface area contributed by atoms with Gasteiger partial charge in [0.2, 0.25) is 0 Å². The molecule has 2 aliphatic heterocycles. The Hall–Kier alpha value is -10.9. The van der Waals surface area contributed by atoms with Gasteiger partial charge >= 0.3 is 0 Å². The molecule has 2 aromatic heterocycles. The van der Waals surface area contributed by atoms with Gasteiger partial charge < -0.3 is 18.9 Å². The summed E-state index contributed by atoms with van der Waals surface area (Å²) >= 11 is 0. The number of hydrogen-bond acceptors (Lipinski definition) is 2. The first-order valence-corrected chi connectivity index (χ1v) is 40.6. The first-order valence-electron chi connectivity index (χ1n) is 40.6. The molecule has 0 amide bonds. The monoisotopic (exact) mass is 1430 g/mol. The van der Waals surface area contributed by atoms with Crippen molar-refractivity contribution in [3.63, 3.8) is 0 Å². The van der Waals surface area contributed by atoms with E-state index >= 15 is 0 Å². The number of hydrogen-bond donors (Lipinski definition) is 0. The summed E-state index contributed by atoms with van der Waals surface area (Å²) < 4.78 is 5.24. The fraction of sp³-hybridized carbons (Fsp3) is 0.257. The summed E-state index contributed by atoms with van der Waals surface area (Å²) in [4.78, 5) is 5.59. The minimum atomic E-state index is -0.102. The topological polar surface area (TPSA) is 16.3 Å². The van der Waals surface area contributed by atoms with Crippen LogP contribution >= 0.6 is 0 Å². The van der Waals surface area contributed by atoms with Crippen LogP contribution in [-0.4, -0.2) is 15.8 Å². The Bertz CT molecular complexity index is 5350. The molecule has 0 unspecified atom stereocenters. The highest BCUT2D eigenvalue weighted by Crippen LogP contribution is 2.47. The molecule has 4 nitrogen and oxygen atoms in total. The Labute approximate surface area is 654 Å². The van der Waals surface area contributed by atoms with E-state index in [-0.39, 0.29) is 28.4 Å². The van der Waals surface area contributed by atoms with Gasteiger partial charge in [0.25, 0.3) is 6.71 Å². The van der Waals surface area contributed by atoms with Crippen LogP contribution in [0.2, 0.25) is 0 Å². The predicted octanol–water partition coefficient (Wildman–Crippen LogP) is 26.2. The zero-order valence-electron chi connectivity index (χ0n) is 67.0. The third-order valence-electron chi connectivity index (χ3n) is 24.2. The number of rotatable bonds is 18. The van der Waals surface area contributed by atoms with Crippen LogP contribution in [0, 0.1) is 0 Å². The van der Waals surface area contributed by atoms with Crippen LogP contribution in [0.25, 0.3) is 88.1 Å². The van der Waals surface area contributed by atoms with Crippen LogP contribution in [-0.2, 0) is 54.3 Å². The average Bonchev–Trinajstić information content (AvgIpc) is 0.968. The normalized spacial score (nSPS) is 13.1. The van der Waals surface area contributed by atoms with Crippen molar-refractivity contribution in [1.82, 2.24) is 9.13 Å². The van der Waals surface area contributed by atoms with E-state index in [1.807, 2.05) is 0 Å². The summed E-state index contributed by atoms with van der Waals surface area (Å²) in [5.74, 6) is 0. The fourth-order valence-corrected chi connectivity index (χ4v) is 18.1. The molecule has 110 heavy (non-hydrogen) atoms. The van der Waals surface area contributed by atoms with E-state index in [9.17, 15) is 0 Å². The van der Waals surface area contributed by atoms with Gasteiger partial charge in [-0.15, -0.1) is 0 Å². The van der Waals surface area contributed by atoms with Gasteiger partial charge in [0.05, 0.1) is 0 Å². The first kappa shape index (κ1) is 72.0. The highest BCUT2D eigenvalue weighted by Gasteiger charge is 2.44. The van der Waals surface area contributed by atoms with Crippen LogP contribution in [0.15, 0.2) is 279 Å². The van der Waals surface area contributed by atoms with Crippen molar-refractivity contribution in [2.75, 3.05) is 9.80 Å². The molecule has 0 N–H and O–H groups in total. The minimum Gasteiger partial charge on any atom is -0.338 e. The van der Waals surface area contributed by atoms with E-state index in [0.717, 1.165) is 12.8 Å². The maximum Gasteiger partial charge on any atom is 0.252 e. The molecule has 17 rings (SSSR count). The standard InChI is InChI=1S/C105H105BN4/c1-14-15-16-17-22-33-70-58-99-101-100(59-70)110(69-90-83(75-38-27-20-28-39-75)44-32-45-84(90)76-40-29-21-30-41-76)98-61-72(67-108-95-56-50-79(104(8,9)10)64-87(95)88-65-80(105(11,12)13)51-57-96(88)108)47-53-92(98)106(101)91-52-46-71(66-107-93-54-48-77(102(2,3)4)62-85(93)86-63-78(103(5,6)7)49-55-94(86)107)60-97(91)109(99)68-89-81(73-34-23-18-24-35-73)42-31-43-82(89)74-36-25-19-26-37-74/h18-21,23-32,34-65H,14-17,22,33,66-69H2,1-13H3. The van der Waals surface area contributed by atoms with Crippen LogP contribution in [0.4, 0.5) is 22.7 Å². The molecule has 0 bridgehead atoms. The number of anilines is 4. The van der Waals surface area contributed by atoms with E-state index in [4.69, 9.17) is 0 Å². The van der Waals surface area contributed by atoms with Gasteiger partial charge in [-0.1, -0.05) is 322 Å². The smallest absolute Gasteiger partial charge is 0.252 e. The van der Waals surface area contributed by atoms with Gasteiger partial charge in [0.15, 0.2) is 0 Å². The highest BCUT2D eigenvalue weighted by atomic mass is 15.2. The van der Waals surface area contributed by atoms with Crippen LogP contribution in [0.3, 0.4) is 0 Å². The van der Waals surface area contributed by atoms with E-state index in [1.54, 1.807) is 0 Å². The summed E-state index contributed by atoms with van der Waals surface area (Å²) in [6.45, 7) is 33.0. The second-order valence-electron chi connectivity index (χ2n) is 35.8. The Morgan fingerprint density at radius 2 is 0.582 bits per heavy atom. The summed E-state index contributed by atoms with van der Waals surface area (Å²) in [5.41, 5.74) is 36.0. The number of fused-ring (bicyclic) bond motifs is 10. The molecule has 0 spiro atoms. The average molecular weight is 1430 g/mol. The molecule has 0 atom stereocenters. The molecule has 15 aromatic rings. The molecule has 2 aliphatic rings. The van der Waals surface area contributed by atoms with Crippen molar-refractivity contribution in [2.45, 2.75) is 176 Å². The lowest BCUT2D eigenvalue weighted by molar-refractivity contribution is 0.590. The third kappa shape index (κ3) is 13.5. The number of nitrogens with zero attached hydrogens (tertiary/aromatic N) is 4. The molecule has 0 aliphatic carbocycles. The zero-order chi connectivity index (χ0) is 76.0. The van der Waals surface area contributed by atoms with Crippen molar-refractivity contribution >= 4 is 89.5 Å². The summed E-state index contributed by atoms with van der Waals surface area (Å²) in [6.07, 6.45) is 6.99. The summed E-state index contributed by atoms with van der Waals surface area (Å²) in [6, 6.07) is 109. The lowest BCUT2D eigenvalue weighted by Gasteiger charge is -2.45. The molecular weight excluding hydrogens is 1330 g/mol. The Balaban J connectivity index is 0.934. The lowest BCUT2D eigenvalue weighted by Crippen LogP contribution is -2.62. The van der Waals surface area contributed by atoms with Crippen molar-refractivity contribution in [3.05, 3.63) is 329 Å². The SMILES string of the molecule is CCCCCCCc1cc2c3c(c1)N(Cc1c(-c4ccccc4)cccc1-c1ccccc1)c1cc(Cn4c5ccc(C(C)(C)C)cc5c5cc(C(C)(C)C)ccc54)ccc1B3c1ccc(Cn3c4ccc(C(C)(C)C)cc4c4cc(C(C)(C)C)ccc43)cc1N2Cc1c(-c2ccccc2)cccc1-c1ccccc1. The van der Waals surface area contributed by atoms with E-state index < -0.39 is 0 Å². The molecule has 0 saturated heterocycles. The van der Waals surface area contributed by atoms with Crippen LogP contribution in [0.1, 0.15) is 172 Å². The number of unbranched alkanes of at least 4 members (excludes halogenated alkanes) is 4. The molecule has 5 heteroatoms. The number of benzene rings is 13. The van der Waals surface area contributed by atoms with Crippen molar-refractivity contribution in [3.8, 4) is 44.5 Å². The van der Waals surface area contributed by atoms with Gasteiger partial charge in [0, 0.05) is 92.5 Å². The molecule has 0 saturated carbocycles. The first-order chi connectivity index (χ1) is 53.0. The van der Waals surface area contributed by atoms with Gasteiger partial charge in [0.1, 0.15) is 0 Å². The predicted molar refractivity (Wildman–Crippen MR) is 475 cm³/mol. The van der Waals surface area contributed by atoms with Crippen LogP contribution in [0.5, 0.6) is 0 Å². The van der Waals surface area contributed by atoms with Gasteiger partial charge in [-0.3, -0.25) is 0 Å². The largest absolute Gasteiger partial charge is 0.338 e. The maximum absolute atomic E-state index is 2.79. The second kappa shape index (κ2) is 28.5. The van der Waals surface area contributed by atoms with Crippen molar-refractivity contribution in [2.24, 2.45) is 0 Å². The molecule has 13 aromatic carbocycles. The molecule has 4 heterocycles. The van der Waals surface area contributed by atoms with Gasteiger partial charge in [-0.05, 0) is 218 Å². The molecule has 0 fully saturated rings. The van der Waals surface area contributed by atoms with Crippen LogP contribution < -0.4 is 26.2 Å². The Morgan fingerprint density at radius 3 is 0.891 bits per heavy atom. The Morgan fingerprint density at radius 1 is 0.273 bits per heavy atom. The number of aromatic nitrogens is 2. The lowest BCUT2D eigenvalue weighted by atomic mass is 9.33. The van der Waals surface area contributed by atoms with E-state index in [2.05, 4.69) is 388 Å². The zero-order valence-corrected chi connectivity index (χ0v) is 67.0. The molecular formula is C105H105BN4. The summed E-state index contributed by atoms with van der Waals surface area (Å²) in [5, 5.41) is 5.28. The quantitative estimate of drug-likeness (QED) is 0.0629. The van der Waals surface area contributed by atoms with E-state index in [0.29, 0.717) is 26.2 Å². The molecule has 0 radical (unpaired) electrons. The maximum atomic E-state index is 2.79. The minimum absolute atomic E-state index is 0.00919.